The van der Waals surface area contributed by atoms with Crippen LogP contribution in [0.4, 0.5) is 0 Å². The molecule has 0 bridgehead atoms. The Morgan fingerprint density at radius 2 is 1.69 bits per heavy atom. The molecule has 0 saturated carbocycles. The van der Waals surface area contributed by atoms with Gasteiger partial charge in [-0.25, -0.2) is 17.4 Å². The van der Waals surface area contributed by atoms with Crippen LogP contribution in [0.25, 0.3) is 11.0 Å². The van der Waals surface area contributed by atoms with E-state index in [1.807, 2.05) is 36.4 Å². The van der Waals surface area contributed by atoms with Gasteiger partial charge in [-0.05, 0) is 54.1 Å². The number of para-hydroxylation sites is 2. The minimum Gasteiger partial charge on any atom is -0.497 e. The van der Waals surface area contributed by atoms with Crippen molar-refractivity contribution in [1.82, 2.24) is 8.96 Å². The quantitative estimate of drug-likeness (QED) is 0.381. The summed E-state index contributed by atoms with van der Waals surface area (Å²) in [7, 11) is -2.29. The molecule has 0 N–H and O–H groups in total. The highest BCUT2D eigenvalue weighted by atomic mass is 35.5. The number of nitrogens with zero attached hydrogens (tertiary/aromatic N) is 2. The van der Waals surface area contributed by atoms with E-state index in [0.717, 1.165) is 5.56 Å². The van der Waals surface area contributed by atoms with Gasteiger partial charge in [-0.1, -0.05) is 47.6 Å². The van der Waals surface area contributed by atoms with Crippen LogP contribution in [0.1, 0.15) is 5.56 Å². The number of methoxy groups -OCH3 is 1. The van der Waals surface area contributed by atoms with E-state index < -0.39 is 10.0 Å². The smallest absolute Gasteiger partial charge is 0.270 e. The summed E-state index contributed by atoms with van der Waals surface area (Å²) in [5.41, 5.74) is 2.20. The largest absolute Gasteiger partial charge is 0.497 e. The zero-order chi connectivity index (χ0) is 20.4. The SMILES string of the molecule is COc1ccc(S(=O)(=O)n2c(SCc3ccc(Cl)cc3)nc3ccccc32)cc1. The van der Waals surface area contributed by atoms with Crippen molar-refractivity contribution >= 4 is 44.4 Å². The lowest BCUT2D eigenvalue weighted by molar-refractivity contribution is 0.414. The van der Waals surface area contributed by atoms with E-state index in [1.54, 1.807) is 31.4 Å². The maximum Gasteiger partial charge on any atom is 0.270 e. The summed E-state index contributed by atoms with van der Waals surface area (Å²) in [6.07, 6.45) is 0. The van der Waals surface area contributed by atoms with Gasteiger partial charge in [0.15, 0.2) is 5.16 Å². The number of thioether (sulfide) groups is 1. The lowest BCUT2D eigenvalue weighted by Crippen LogP contribution is -2.14. The predicted octanol–water partition coefficient (Wildman–Crippen LogP) is 5.23. The van der Waals surface area contributed by atoms with Gasteiger partial charge >= 0.3 is 0 Å². The Bertz CT molecular complexity index is 1250. The highest BCUT2D eigenvalue weighted by molar-refractivity contribution is 7.99. The summed E-state index contributed by atoms with van der Waals surface area (Å²) in [6.45, 7) is 0. The lowest BCUT2D eigenvalue weighted by atomic mass is 10.2. The van der Waals surface area contributed by atoms with Crippen molar-refractivity contribution in [1.29, 1.82) is 0 Å². The van der Waals surface area contributed by atoms with Crippen molar-refractivity contribution in [2.24, 2.45) is 0 Å². The molecule has 0 unspecified atom stereocenters. The minimum atomic E-state index is -3.83. The molecular weight excluding hydrogens is 428 g/mol. The second-order valence-electron chi connectivity index (χ2n) is 6.24. The first kappa shape index (κ1) is 19.8. The molecule has 8 heteroatoms. The summed E-state index contributed by atoms with van der Waals surface area (Å²) in [5, 5.41) is 1.07. The fourth-order valence-corrected chi connectivity index (χ4v) is 5.68. The molecule has 1 heterocycles. The number of fused-ring (bicyclic) bond motifs is 1. The maximum atomic E-state index is 13.4. The van der Waals surface area contributed by atoms with E-state index in [-0.39, 0.29) is 4.90 Å². The van der Waals surface area contributed by atoms with Crippen molar-refractivity contribution in [2.75, 3.05) is 7.11 Å². The van der Waals surface area contributed by atoms with E-state index in [2.05, 4.69) is 4.98 Å². The fourth-order valence-electron chi connectivity index (χ4n) is 2.89. The van der Waals surface area contributed by atoms with Crippen LogP contribution in [0, 0.1) is 0 Å². The maximum absolute atomic E-state index is 13.4. The van der Waals surface area contributed by atoms with Gasteiger partial charge in [0.1, 0.15) is 5.75 Å². The number of aromatic nitrogens is 2. The van der Waals surface area contributed by atoms with Gasteiger partial charge in [-0.15, -0.1) is 0 Å². The van der Waals surface area contributed by atoms with E-state index >= 15 is 0 Å². The number of rotatable bonds is 6. The molecule has 148 valence electrons. The number of halogens is 1. The second-order valence-corrected chi connectivity index (χ2v) is 9.41. The van der Waals surface area contributed by atoms with Crippen LogP contribution in [-0.4, -0.2) is 24.5 Å². The first-order valence-electron chi connectivity index (χ1n) is 8.73. The normalized spacial score (nSPS) is 11.7. The van der Waals surface area contributed by atoms with Gasteiger partial charge in [-0.2, -0.15) is 0 Å². The molecule has 0 aliphatic rings. The summed E-state index contributed by atoms with van der Waals surface area (Å²) in [4.78, 5) is 4.74. The standard InChI is InChI=1S/C21H17ClN2O3S2/c1-27-17-10-12-18(13-11-17)29(25,26)24-20-5-3-2-4-19(20)23-21(24)28-14-15-6-8-16(22)9-7-15/h2-13H,14H2,1H3. The van der Waals surface area contributed by atoms with Gasteiger partial charge < -0.3 is 4.74 Å². The fraction of sp³-hybridized carbons (Fsp3) is 0.0952. The number of hydrogen-bond donors (Lipinski definition) is 0. The third-order valence-electron chi connectivity index (χ3n) is 4.37. The van der Waals surface area contributed by atoms with Crippen LogP contribution >= 0.6 is 23.4 Å². The molecule has 4 aromatic rings. The Kier molecular flexibility index (Phi) is 5.54. The van der Waals surface area contributed by atoms with Crippen LogP contribution in [0.2, 0.25) is 5.02 Å². The zero-order valence-electron chi connectivity index (χ0n) is 15.4. The van der Waals surface area contributed by atoms with Gasteiger partial charge in [0, 0.05) is 10.8 Å². The van der Waals surface area contributed by atoms with E-state index in [1.165, 1.54) is 27.9 Å². The molecule has 5 nitrogen and oxygen atoms in total. The third-order valence-corrected chi connectivity index (χ3v) is 7.46. The van der Waals surface area contributed by atoms with E-state index in [4.69, 9.17) is 16.3 Å². The van der Waals surface area contributed by atoms with Crippen molar-refractivity contribution in [3.8, 4) is 5.75 Å². The Labute approximate surface area is 178 Å². The average molecular weight is 445 g/mol. The molecule has 0 aliphatic heterocycles. The van der Waals surface area contributed by atoms with E-state index in [9.17, 15) is 8.42 Å². The minimum absolute atomic E-state index is 0.176. The van der Waals surface area contributed by atoms with Crippen molar-refractivity contribution in [3.63, 3.8) is 0 Å². The van der Waals surface area contributed by atoms with Crippen molar-refractivity contribution in [3.05, 3.63) is 83.4 Å². The van der Waals surface area contributed by atoms with Gasteiger partial charge in [0.25, 0.3) is 10.0 Å². The van der Waals surface area contributed by atoms with Crippen LogP contribution in [0.15, 0.2) is 82.8 Å². The second kappa shape index (κ2) is 8.10. The first-order chi connectivity index (χ1) is 14.0. The molecule has 0 spiro atoms. The molecule has 0 fully saturated rings. The zero-order valence-corrected chi connectivity index (χ0v) is 17.8. The van der Waals surface area contributed by atoms with E-state index in [0.29, 0.717) is 32.7 Å². The summed E-state index contributed by atoms with van der Waals surface area (Å²) in [5.74, 6) is 1.16. The van der Waals surface area contributed by atoms with Gasteiger partial charge in [0.2, 0.25) is 0 Å². The Morgan fingerprint density at radius 1 is 1.00 bits per heavy atom. The predicted molar refractivity (Wildman–Crippen MR) is 116 cm³/mol. The average Bonchev–Trinajstić information content (AvgIpc) is 3.12. The molecule has 29 heavy (non-hydrogen) atoms. The molecular formula is C21H17ClN2O3S2. The summed E-state index contributed by atoms with van der Waals surface area (Å²) in [6, 6.07) is 21.0. The Balaban J connectivity index is 1.77. The number of benzene rings is 3. The van der Waals surface area contributed by atoms with Crippen LogP contribution in [0.5, 0.6) is 5.75 Å². The molecule has 0 atom stereocenters. The molecule has 4 rings (SSSR count). The highest BCUT2D eigenvalue weighted by Crippen LogP contribution is 2.31. The summed E-state index contributed by atoms with van der Waals surface area (Å²) < 4.78 is 33.3. The van der Waals surface area contributed by atoms with Gasteiger partial charge in [0.05, 0.1) is 23.0 Å². The number of hydrogen-bond acceptors (Lipinski definition) is 5. The highest BCUT2D eigenvalue weighted by Gasteiger charge is 2.24. The van der Waals surface area contributed by atoms with Crippen molar-refractivity contribution in [2.45, 2.75) is 15.8 Å². The number of ether oxygens (including phenoxy) is 1. The number of imidazole rings is 1. The van der Waals surface area contributed by atoms with Gasteiger partial charge in [-0.3, -0.25) is 0 Å². The molecule has 0 radical (unpaired) electrons. The first-order valence-corrected chi connectivity index (χ1v) is 11.5. The van der Waals surface area contributed by atoms with Crippen LogP contribution in [0.3, 0.4) is 0 Å². The summed E-state index contributed by atoms with van der Waals surface area (Å²) >= 11 is 7.31. The van der Waals surface area contributed by atoms with Crippen LogP contribution in [-0.2, 0) is 15.8 Å². The van der Waals surface area contributed by atoms with Crippen LogP contribution < -0.4 is 4.74 Å². The molecule has 3 aromatic carbocycles. The van der Waals surface area contributed by atoms with Crippen molar-refractivity contribution < 1.29 is 13.2 Å². The Hall–Kier alpha value is -2.48. The molecule has 1 aromatic heterocycles. The molecule has 0 saturated heterocycles. The molecule has 0 amide bonds. The lowest BCUT2D eigenvalue weighted by Gasteiger charge is -2.11. The monoisotopic (exact) mass is 444 g/mol. The third kappa shape index (κ3) is 3.99. The Morgan fingerprint density at radius 3 is 2.38 bits per heavy atom. The topological polar surface area (TPSA) is 61.2 Å². The molecule has 0 aliphatic carbocycles.